The lowest BCUT2D eigenvalue weighted by Crippen LogP contribution is -2.43. The predicted molar refractivity (Wildman–Crippen MR) is 75.1 cm³/mol. The van der Waals surface area contributed by atoms with Crippen LogP contribution >= 0.6 is 0 Å². The first kappa shape index (κ1) is 15.3. The summed E-state index contributed by atoms with van der Waals surface area (Å²) in [6.45, 7) is 2.20. The summed E-state index contributed by atoms with van der Waals surface area (Å²) in [4.78, 5) is 24.9. The molecule has 116 valence electrons. The Kier molecular flexibility index (Phi) is 4.46. The summed E-state index contributed by atoms with van der Waals surface area (Å²) in [5.41, 5.74) is 1.37. The highest BCUT2D eigenvalue weighted by Gasteiger charge is 2.40. The second-order valence-corrected chi connectivity index (χ2v) is 5.05. The second-order valence-electron chi connectivity index (χ2n) is 5.05. The first-order valence-electron chi connectivity index (χ1n) is 6.82. The molecule has 0 spiro atoms. The summed E-state index contributed by atoms with van der Waals surface area (Å²) in [5.74, 6) is -1.02. The number of rotatable bonds is 4. The summed E-state index contributed by atoms with van der Waals surface area (Å²) in [5, 5.41) is 16.2. The third-order valence-electron chi connectivity index (χ3n) is 3.62. The first-order chi connectivity index (χ1) is 9.96. The van der Waals surface area contributed by atoms with Crippen molar-refractivity contribution < 1.29 is 19.4 Å². The van der Waals surface area contributed by atoms with Gasteiger partial charge in [0.1, 0.15) is 6.04 Å². The topological polar surface area (TPSA) is 96.7 Å². The molecule has 0 radical (unpaired) electrons. The number of carboxylic acids is 1. The number of carbonyl (C=O) groups is 2. The molecule has 2 rings (SSSR count). The lowest BCUT2D eigenvalue weighted by Gasteiger charge is -2.21. The van der Waals surface area contributed by atoms with E-state index < -0.39 is 18.0 Å². The van der Waals surface area contributed by atoms with E-state index in [9.17, 15) is 14.7 Å². The maximum absolute atomic E-state index is 12.3. The van der Waals surface area contributed by atoms with Crippen molar-refractivity contribution in [3.63, 3.8) is 0 Å². The highest BCUT2D eigenvalue weighted by atomic mass is 16.5. The molecule has 2 heterocycles. The van der Waals surface area contributed by atoms with Gasteiger partial charge in [-0.25, -0.2) is 9.59 Å². The zero-order chi connectivity index (χ0) is 15.6. The molecule has 1 aromatic rings. The Balaban J connectivity index is 2.13. The van der Waals surface area contributed by atoms with Crippen molar-refractivity contribution in [1.82, 2.24) is 14.7 Å². The summed E-state index contributed by atoms with van der Waals surface area (Å²) in [6, 6.07) is -1.30. The van der Waals surface area contributed by atoms with Gasteiger partial charge in [-0.3, -0.25) is 4.68 Å². The Morgan fingerprint density at radius 1 is 1.57 bits per heavy atom. The Morgan fingerprint density at radius 3 is 2.86 bits per heavy atom. The minimum absolute atomic E-state index is 0.253. The minimum Gasteiger partial charge on any atom is -0.480 e. The molecule has 2 amide bonds. The van der Waals surface area contributed by atoms with E-state index in [1.54, 1.807) is 17.9 Å². The third kappa shape index (κ3) is 3.15. The molecular formula is C13H20N4O4. The fourth-order valence-electron chi connectivity index (χ4n) is 2.51. The standard InChI is InChI=1S/C13H20N4O4/c1-4-9-10(7-16(2)15-9)14-13(20)17-6-8(21-3)5-11(17)12(18)19/h7-8,11H,4-6H2,1-3H3,(H,14,20)(H,18,19). The zero-order valence-corrected chi connectivity index (χ0v) is 12.4. The molecule has 0 aromatic carbocycles. The fraction of sp³-hybridized carbons (Fsp3) is 0.615. The van der Waals surface area contributed by atoms with Crippen molar-refractivity contribution in [3.8, 4) is 0 Å². The lowest BCUT2D eigenvalue weighted by atomic mass is 10.2. The number of aryl methyl sites for hydroxylation is 2. The molecule has 8 nitrogen and oxygen atoms in total. The lowest BCUT2D eigenvalue weighted by molar-refractivity contribution is -0.141. The van der Waals surface area contributed by atoms with Gasteiger partial charge in [-0.05, 0) is 6.42 Å². The first-order valence-corrected chi connectivity index (χ1v) is 6.82. The Morgan fingerprint density at radius 2 is 2.29 bits per heavy atom. The number of nitrogens with zero attached hydrogens (tertiary/aromatic N) is 3. The molecule has 1 aliphatic rings. The average Bonchev–Trinajstić information content (AvgIpc) is 3.02. The number of carbonyl (C=O) groups excluding carboxylic acids is 1. The van der Waals surface area contributed by atoms with Crippen molar-refractivity contribution in [3.05, 3.63) is 11.9 Å². The van der Waals surface area contributed by atoms with E-state index in [2.05, 4.69) is 10.4 Å². The number of carboxylic acid groups (broad SMARTS) is 1. The van der Waals surface area contributed by atoms with E-state index in [4.69, 9.17) is 4.74 Å². The van der Waals surface area contributed by atoms with Crippen LogP contribution < -0.4 is 5.32 Å². The highest BCUT2D eigenvalue weighted by Crippen LogP contribution is 2.22. The largest absolute Gasteiger partial charge is 0.480 e. The van der Waals surface area contributed by atoms with E-state index in [0.29, 0.717) is 18.5 Å². The van der Waals surface area contributed by atoms with Gasteiger partial charge in [-0.1, -0.05) is 6.92 Å². The number of aliphatic carboxylic acids is 1. The van der Waals surface area contributed by atoms with E-state index in [0.717, 1.165) is 5.69 Å². The number of hydrogen-bond donors (Lipinski definition) is 2. The summed E-state index contributed by atoms with van der Waals surface area (Å²) < 4.78 is 6.79. The van der Waals surface area contributed by atoms with Crippen LogP contribution in [0, 0.1) is 0 Å². The van der Waals surface area contributed by atoms with Crippen molar-refractivity contribution in [2.24, 2.45) is 7.05 Å². The monoisotopic (exact) mass is 296 g/mol. The van der Waals surface area contributed by atoms with Gasteiger partial charge < -0.3 is 20.1 Å². The number of ether oxygens (including phenoxy) is 1. The van der Waals surface area contributed by atoms with Crippen LogP contribution in [0.3, 0.4) is 0 Å². The van der Waals surface area contributed by atoms with E-state index >= 15 is 0 Å². The molecule has 2 atom stereocenters. The number of likely N-dealkylation sites (tertiary alicyclic amines) is 1. The maximum atomic E-state index is 12.3. The van der Waals surface area contributed by atoms with Crippen LogP contribution in [0.25, 0.3) is 0 Å². The normalized spacial score (nSPS) is 21.6. The van der Waals surface area contributed by atoms with Crippen molar-refractivity contribution in [2.75, 3.05) is 19.0 Å². The molecule has 2 N–H and O–H groups in total. The molecule has 2 unspecified atom stereocenters. The predicted octanol–water partition coefficient (Wildman–Crippen LogP) is 0.688. The molecule has 0 saturated carbocycles. The highest BCUT2D eigenvalue weighted by molar-refractivity contribution is 5.93. The van der Waals surface area contributed by atoms with Gasteiger partial charge >= 0.3 is 12.0 Å². The summed E-state index contributed by atoms with van der Waals surface area (Å²) in [7, 11) is 3.28. The van der Waals surface area contributed by atoms with Crippen molar-refractivity contribution >= 4 is 17.7 Å². The van der Waals surface area contributed by atoms with Crippen LogP contribution in [0.5, 0.6) is 0 Å². The Bertz CT molecular complexity index is 542. The van der Waals surface area contributed by atoms with Crippen LogP contribution in [0.1, 0.15) is 19.0 Å². The van der Waals surface area contributed by atoms with Gasteiger partial charge in [0, 0.05) is 33.3 Å². The second kappa shape index (κ2) is 6.13. The number of anilines is 1. The molecule has 1 fully saturated rings. The number of aromatic nitrogens is 2. The molecule has 1 saturated heterocycles. The van der Waals surface area contributed by atoms with Crippen LogP contribution in [0.4, 0.5) is 10.5 Å². The smallest absolute Gasteiger partial charge is 0.326 e. The minimum atomic E-state index is -1.02. The van der Waals surface area contributed by atoms with Gasteiger partial charge in [-0.2, -0.15) is 5.10 Å². The average molecular weight is 296 g/mol. The van der Waals surface area contributed by atoms with Crippen molar-refractivity contribution in [1.29, 1.82) is 0 Å². The quantitative estimate of drug-likeness (QED) is 0.852. The van der Waals surface area contributed by atoms with Crippen LogP contribution in [-0.2, 0) is 23.0 Å². The molecule has 1 aliphatic heterocycles. The Labute approximate surface area is 122 Å². The van der Waals surface area contributed by atoms with Crippen LogP contribution in [-0.4, -0.2) is 57.6 Å². The number of hydrogen-bond acceptors (Lipinski definition) is 4. The Hall–Kier alpha value is -2.09. The molecular weight excluding hydrogens is 276 g/mol. The van der Waals surface area contributed by atoms with E-state index in [1.165, 1.54) is 12.0 Å². The van der Waals surface area contributed by atoms with Gasteiger partial charge in [0.25, 0.3) is 0 Å². The van der Waals surface area contributed by atoms with Gasteiger partial charge in [0.05, 0.1) is 17.5 Å². The number of nitrogens with one attached hydrogen (secondary N) is 1. The zero-order valence-electron chi connectivity index (χ0n) is 12.4. The fourth-order valence-corrected chi connectivity index (χ4v) is 2.51. The third-order valence-corrected chi connectivity index (χ3v) is 3.62. The van der Waals surface area contributed by atoms with Crippen LogP contribution in [0.15, 0.2) is 6.20 Å². The molecule has 8 heteroatoms. The molecule has 21 heavy (non-hydrogen) atoms. The number of methoxy groups -OCH3 is 1. The van der Waals surface area contributed by atoms with Gasteiger partial charge in [0.2, 0.25) is 0 Å². The number of urea groups is 1. The van der Waals surface area contributed by atoms with Crippen LogP contribution in [0.2, 0.25) is 0 Å². The molecule has 1 aromatic heterocycles. The maximum Gasteiger partial charge on any atom is 0.326 e. The number of amides is 2. The summed E-state index contributed by atoms with van der Waals surface area (Å²) >= 11 is 0. The van der Waals surface area contributed by atoms with Gasteiger partial charge in [0.15, 0.2) is 0 Å². The SMILES string of the molecule is CCc1nn(C)cc1NC(=O)N1CC(OC)CC1C(=O)O. The summed E-state index contributed by atoms with van der Waals surface area (Å²) in [6.07, 6.45) is 2.43. The van der Waals surface area contributed by atoms with Crippen molar-refractivity contribution in [2.45, 2.75) is 31.9 Å². The molecule has 0 aliphatic carbocycles. The van der Waals surface area contributed by atoms with Gasteiger partial charge in [-0.15, -0.1) is 0 Å². The molecule has 0 bridgehead atoms. The van der Waals surface area contributed by atoms with E-state index in [1.807, 2.05) is 6.92 Å². The van der Waals surface area contributed by atoms with E-state index in [-0.39, 0.29) is 12.6 Å².